The summed E-state index contributed by atoms with van der Waals surface area (Å²) in [4.78, 5) is 7.42. The third kappa shape index (κ3) is 3.06. The fourth-order valence-electron chi connectivity index (χ4n) is 2.36. The van der Waals surface area contributed by atoms with Crippen LogP contribution in [0.15, 0.2) is 53.8 Å². The van der Waals surface area contributed by atoms with Crippen LogP contribution < -0.4 is 5.43 Å². The molecule has 0 fully saturated rings. The number of imidazole rings is 1. The smallest absolute Gasteiger partial charge is 0.227 e. The number of hydrogen-bond donors (Lipinski definition) is 2. The van der Waals surface area contributed by atoms with Gasteiger partial charge < -0.3 is 4.98 Å². The van der Waals surface area contributed by atoms with E-state index in [-0.39, 0.29) is 0 Å². The number of aromatic amines is 1. The summed E-state index contributed by atoms with van der Waals surface area (Å²) in [6, 6.07) is 13.6. The zero-order valence-corrected chi connectivity index (χ0v) is 14.8. The first-order valence-electron chi connectivity index (χ1n) is 7.48. The van der Waals surface area contributed by atoms with Crippen molar-refractivity contribution in [1.82, 2.24) is 24.7 Å². The molecule has 124 valence electrons. The molecule has 25 heavy (non-hydrogen) atoms. The molecule has 0 aliphatic rings. The normalized spacial score (nSPS) is 11.8. The van der Waals surface area contributed by atoms with Crippen molar-refractivity contribution in [2.75, 3.05) is 5.43 Å². The molecule has 0 bridgehead atoms. The second kappa shape index (κ2) is 6.54. The molecular weight excluding hydrogens is 354 g/mol. The SMILES string of the molecule is CC(=NNc1nnc(-n2c(=S)[nH]c3ccccc32)s1)c1ccccn1. The molecule has 3 heterocycles. The zero-order valence-electron chi connectivity index (χ0n) is 13.2. The average molecular weight is 367 g/mol. The molecule has 7 nitrogen and oxygen atoms in total. The van der Waals surface area contributed by atoms with Crippen LogP contribution in [-0.2, 0) is 0 Å². The van der Waals surface area contributed by atoms with Gasteiger partial charge in [0, 0.05) is 6.20 Å². The number of hydrogen-bond acceptors (Lipinski definition) is 7. The van der Waals surface area contributed by atoms with Gasteiger partial charge in [-0.15, -0.1) is 10.2 Å². The first-order chi connectivity index (χ1) is 12.2. The number of pyridine rings is 1. The number of anilines is 1. The molecule has 1 aromatic carbocycles. The second-order valence-electron chi connectivity index (χ2n) is 5.20. The molecule has 9 heteroatoms. The van der Waals surface area contributed by atoms with E-state index in [1.165, 1.54) is 11.3 Å². The number of nitrogens with zero attached hydrogens (tertiary/aromatic N) is 5. The summed E-state index contributed by atoms with van der Waals surface area (Å²) in [7, 11) is 0. The molecule has 0 aliphatic carbocycles. The van der Waals surface area contributed by atoms with E-state index < -0.39 is 0 Å². The van der Waals surface area contributed by atoms with E-state index in [1.54, 1.807) is 6.20 Å². The van der Waals surface area contributed by atoms with Crippen LogP contribution in [0.1, 0.15) is 12.6 Å². The maximum absolute atomic E-state index is 5.40. The highest BCUT2D eigenvalue weighted by atomic mass is 32.1. The monoisotopic (exact) mass is 367 g/mol. The Morgan fingerprint density at radius 1 is 1.20 bits per heavy atom. The van der Waals surface area contributed by atoms with E-state index in [0.717, 1.165) is 22.4 Å². The second-order valence-corrected chi connectivity index (χ2v) is 6.54. The van der Waals surface area contributed by atoms with Crippen molar-refractivity contribution < 1.29 is 0 Å². The minimum atomic E-state index is 0.581. The van der Waals surface area contributed by atoms with Crippen LogP contribution in [0.3, 0.4) is 0 Å². The molecule has 2 N–H and O–H groups in total. The van der Waals surface area contributed by atoms with E-state index in [4.69, 9.17) is 12.2 Å². The predicted molar refractivity (Wildman–Crippen MR) is 102 cm³/mol. The van der Waals surface area contributed by atoms with Crippen LogP contribution >= 0.6 is 23.6 Å². The standard InChI is InChI=1S/C16H13N7S2/c1-10(11-6-4-5-9-17-11)19-20-14-21-22-16(25-14)23-13-8-3-2-7-12(13)18-15(23)24/h2-9H,1H3,(H,18,24)(H,20,21). The Morgan fingerprint density at radius 3 is 2.88 bits per heavy atom. The van der Waals surface area contributed by atoms with Gasteiger partial charge in [0.1, 0.15) is 0 Å². The van der Waals surface area contributed by atoms with Crippen molar-refractivity contribution in [3.8, 4) is 5.13 Å². The van der Waals surface area contributed by atoms with Gasteiger partial charge in [0.15, 0.2) is 4.77 Å². The highest BCUT2D eigenvalue weighted by Gasteiger charge is 2.11. The van der Waals surface area contributed by atoms with E-state index in [9.17, 15) is 0 Å². The third-order valence-electron chi connectivity index (χ3n) is 3.55. The highest BCUT2D eigenvalue weighted by molar-refractivity contribution is 7.71. The maximum atomic E-state index is 5.40. The number of para-hydroxylation sites is 2. The van der Waals surface area contributed by atoms with Crippen LogP contribution in [0.2, 0.25) is 0 Å². The van der Waals surface area contributed by atoms with Gasteiger partial charge in [0.05, 0.1) is 22.4 Å². The summed E-state index contributed by atoms with van der Waals surface area (Å²) in [5.41, 5.74) is 6.42. The van der Waals surface area contributed by atoms with Gasteiger partial charge >= 0.3 is 0 Å². The molecule has 0 unspecified atom stereocenters. The Labute approximate surface area is 152 Å². The minimum Gasteiger partial charge on any atom is -0.330 e. The number of fused-ring (bicyclic) bond motifs is 1. The molecule has 0 amide bonds. The quantitative estimate of drug-likeness (QED) is 0.326. The fraction of sp³-hybridized carbons (Fsp3) is 0.0625. The van der Waals surface area contributed by atoms with Crippen LogP contribution in [-0.4, -0.2) is 30.4 Å². The van der Waals surface area contributed by atoms with Crippen molar-refractivity contribution >= 4 is 45.4 Å². The molecular formula is C16H13N7S2. The lowest BCUT2D eigenvalue weighted by molar-refractivity contribution is 0.970. The van der Waals surface area contributed by atoms with Crippen molar-refractivity contribution in [3.63, 3.8) is 0 Å². The number of nitrogens with one attached hydrogen (secondary N) is 2. The lowest BCUT2D eigenvalue weighted by atomic mass is 10.3. The molecule has 0 aliphatic heterocycles. The van der Waals surface area contributed by atoms with Gasteiger partial charge in [-0.1, -0.05) is 29.5 Å². The first-order valence-corrected chi connectivity index (χ1v) is 8.70. The first kappa shape index (κ1) is 15.6. The Hall–Kier alpha value is -2.91. The summed E-state index contributed by atoms with van der Waals surface area (Å²) in [6.07, 6.45) is 1.73. The topological polar surface area (TPSA) is 83.8 Å². The van der Waals surface area contributed by atoms with Gasteiger partial charge in [-0.25, -0.2) is 0 Å². The van der Waals surface area contributed by atoms with Crippen molar-refractivity contribution in [2.24, 2.45) is 5.10 Å². The van der Waals surface area contributed by atoms with Gasteiger partial charge in [-0.05, 0) is 43.4 Å². The predicted octanol–water partition coefficient (Wildman–Crippen LogP) is 3.77. The van der Waals surface area contributed by atoms with E-state index in [2.05, 4.69) is 30.7 Å². The minimum absolute atomic E-state index is 0.581. The van der Waals surface area contributed by atoms with Crippen LogP contribution in [0, 0.1) is 4.77 Å². The van der Waals surface area contributed by atoms with E-state index in [1.807, 2.05) is 54.0 Å². The lowest BCUT2D eigenvalue weighted by Gasteiger charge is -1.99. The molecule has 0 saturated heterocycles. The number of rotatable bonds is 4. The van der Waals surface area contributed by atoms with Crippen LogP contribution in [0.5, 0.6) is 0 Å². The van der Waals surface area contributed by atoms with Gasteiger partial charge in [0.2, 0.25) is 10.3 Å². The van der Waals surface area contributed by atoms with Crippen molar-refractivity contribution in [3.05, 3.63) is 59.1 Å². The summed E-state index contributed by atoms with van der Waals surface area (Å²) < 4.78 is 2.44. The Kier molecular flexibility index (Phi) is 4.08. The number of hydrazone groups is 1. The molecule has 4 aromatic rings. The summed E-state index contributed by atoms with van der Waals surface area (Å²) >= 11 is 6.78. The molecule has 4 rings (SSSR count). The summed E-state index contributed by atoms with van der Waals surface area (Å²) in [5, 5.41) is 13.9. The number of H-pyrrole nitrogens is 1. The summed E-state index contributed by atoms with van der Waals surface area (Å²) in [5.74, 6) is 0. The third-order valence-corrected chi connectivity index (χ3v) is 4.65. The van der Waals surface area contributed by atoms with E-state index >= 15 is 0 Å². The van der Waals surface area contributed by atoms with Crippen LogP contribution in [0.25, 0.3) is 16.2 Å². The Bertz CT molecular complexity index is 1110. The van der Waals surface area contributed by atoms with Crippen molar-refractivity contribution in [1.29, 1.82) is 0 Å². The Balaban J connectivity index is 1.62. The highest BCUT2D eigenvalue weighted by Crippen LogP contribution is 2.24. The van der Waals surface area contributed by atoms with Gasteiger partial charge in [-0.2, -0.15) is 5.10 Å². The van der Waals surface area contributed by atoms with Crippen molar-refractivity contribution in [2.45, 2.75) is 6.92 Å². The van der Waals surface area contributed by atoms with E-state index in [0.29, 0.717) is 15.0 Å². The largest absolute Gasteiger partial charge is 0.330 e. The molecule has 0 radical (unpaired) electrons. The summed E-state index contributed by atoms with van der Waals surface area (Å²) in [6.45, 7) is 1.88. The molecule has 0 atom stereocenters. The lowest BCUT2D eigenvalue weighted by Crippen LogP contribution is -2.01. The van der Waals surface area contributed by atoms with Gasteiger partial charge in [-0.3, -0.25) is 15.0 Å². The molecule has 0 spiro atoms. The Morgan fingerprint density at radius 2 is 2.04 bits per heavy atom. The molecule has 0 saturated carbocycles. The van der Waals surface area contributed by atoms with Gasteiger partial charge in [0.25, 0.3) is 0 Å². The van der Waals surface area contributed by atoms with Crippen LogP contribution in [0.4, 0.5) is 5.13 Å². The average Bonchev–Trinajstić information content (AvgIpc) is 3.23. The zero-order chi connectivity index (χ0) is 17.2. The maximum Gasteiger partial charge on any atom is 0.227 e. The number of aromatic nitrogens is 5. The fourth-order valence-corrected chi connectivity index (χ4v) is 3.42. The molecule has 3 aromatic heterocycles. The number of benzene rings is 1.